The van der Waals surface area contributed by atoms with E-state index < -0.39 is 44.8 Å². The molecule has 0 bridgehead atoms. The molecule has 1 aliphatic rings. The summed E-state index contributed by atoms with van der Waals surface area (Å²) in [7, 11) is -4.40. The maximum Gasteiger partial charge on any atom is 0.434 e. The summed E-state index contributed by atoms with van der Waals surface area (Å²) >= 11 is 6.24. The minimum absolute atomic E-state index is 0.0390. The zero-order valence-electron chi connectivity index (χ0n) is 20.4. The van der Waals surface area contributed by atoms with Crippen molar-refractivity contribution in [2.45, 2.75) is 44.0 Å². The average Bonchev–Trinajstić information content (AvgIpc) is 3.31. The van der Waals surface area contributed by atoms with Gasteiger partial charge in [-0.15, -0.1) is 5.10 Å². The van der Waals surface area contributed by atoms with E-state index >= 15 is 0 Å². The van der Waals surface area contributed by atoms with Gasteiger partial charge in [-0.1, -0.05) is 24.6 Å². The van der Waals surface area contributed by atoms with Crippen LogP contribution >= 0.6 is 11.6 Å². The lowest BCUT2D eigenvalue weighted by atomic mass is 9.88. The standard InChI is InChI=1S/C23H27ClFN5O6S/c1-12-4-6-16(25)18(13(12)2)14(3)19(21-27-28-23(32)36-21)29-37(33,34)17-7-5-15(24)20(26-17)22(31)30-8-10-35-11-9-30/h4-7,14,19,22,29,31H,8-11H2,1-3H3,(H,28,32)/t14-,19+,22?/m1/s1. The molecule has 3 N–H and O–H groups in total. The molecule has 4 rings (SSSR count). The van der Waals surface area contributed by atoms with E-state index in [1.807, 2.05) is 0 Å². The molecule has 3 atom stereocenters. The van der Waals surface area contributed by atoms with Gasteiger partial charge in [0.2, 0.25) is 5.89 Å². The van der Waals surface area contributed by atoms with Gasteiger partial charge in [0.25, 0.3) is 10.0 Å². The number of morpholine rings is 1. The number of halogens is 2. The van der Waals surface area contributed by atoms with Gasteiger partial charge < -0.3 is 14.3 Å². The number of sulfonamides is 1. The highest BCUT2D eigenvalue weighted by Crippen LogP contribution is 2.35. The third kappa shape index (κ3) is 5.76. The zero-order valence-corrected chi connectivity index (χ0v) is 21.9. The summed E-state index contributed by atoms with van der Waals surface area (Å²) in [5, 5.41) is 16.3. The Labute approximate surface area is 217 Å². The molecule has 0 saturated carbocycles. The molecular weight excluding hydrogens is 529 g/mol. The average molecular weight is 556 g/mol. The van der Waals surface area contributed by atoms with Crippen molar-refractivity contribution < 1.29 is 27.1 Å². The van der Waals surface area contributed by atoms with Crippen LogP contribution in [0.2, 0.25) is 5.02 Å². The van der Waals surface area contributed by atoms with Gasteiger partial charge in [-0.3, -0.25) is 4.90 Å². The monoisotopic (exact) mass is 555 g/mol. The van der Waals surface area contributed by atoms with E-state index in [4.69, 9.17) is 20.8 Å². The van der Waals surface area contributed by atoms with Gasteiger partial charge >= 0.3 is 5.76 Å². The number of H-pyrrole nitrogens is 1. The van der Waals surface area contributed by atoms with Crippen molar-refractivity contribution in [1.82, 2.24) is 24.8 Å². The molecule has 0 radical (unpaired) electrons. The third-order valence-electron chi connectivity index (χ3n) is 6.45. The van der Waals surface area contributed by atoms with Gasteiger partial charge in [-0.05, 0) is 48.7 Å². The van der Waals surface area contributed by atoms with Crippen LogP contribution in [0.25, 0.3) is 0 Å². The summed E-state index contributed by atoms with van der Waals surface area (Å²) in [6.45, 7) is 6.74. The number of nitrogens with one attached hydrogen (secondary N) is 2. The summed E-state index contributed by atoms with van der Waals surface area (Å²) in [6.07, 6.45) is -1.25. The van der Waals surface area contributed by atoms with Crippen LogP contribution in [0.3, 0.4) is 0 Å². The summed E-state index contributed by atoms with van der Waals surface area (Å²) in [5.74, 6) is -2.55. The number of pyridine rings is 1. The molecule has 1 unspecified atom stereocenters. The van der Waals surface area contributed by atoms with Crippen LogP contribution in [0.4, 0.5) is 4.39 Å². The van der Waals surface area contributed by atoms with Crippen LogP contribution in [0.5, 0.6) is 0 Å². The highest BCUT2D eigenvalue weighted by Gasteiger charge is 2.34. The molecule has 37 heavy (non-hydrogen) atoms. The molecule has 3 heterocycles. The molecule has 3 aromatic rings. The predicted molar refractivity (Wildman–Crippen MR) is 131 cm³/mol. The summed E-state index contributed by atoms with van der Waals surface area (Å²) in [4.78, 5) is 17.5. The van der Waals surface area contributed by atoms with Crippen molar-refractivity contribution in [3.63, 3.8) is 0 Å². The van der Waals surface area contributed by atoms with Crippen LogP contribution in [0, 0.1) is 19.7 Å². The van der Waals surface area contributed by atoms with E-state index in [0.717, 1.165) is 5.56 Å². The molecule has 1 fully saturated rings. The molecule has 0 aliphatic carbocycles. The summed E-state index contributed by atoms with van der Waals surface area (Å²) < 4.78 is 54.7. The molecular formula is C23H27ClFN5O6S. The number of aromatic amines is 1. The third-order valence-corrected chi connectivity index (χ3v) is 8.11. The van der Waals surface area contributed by atoms with E-state index in [1.165, 1.54) is 18.2 Å². The molecule has 200 valence electrons. The number of aromatic nitrogens is 3. The smallest absolute Gasteiger partial charge is 0.391 e. The molecule has 2 aromatic heterocycles. The Morgan fingerprint density at radius 3 is 2.57 bits per heavy atom. The number of hydrogen-bond donors (Lipinski definition) is 3. The second kappa shape index (κ2) is 11.0. The van der Waals surface area contributed by atoms with Gasteiger partial charge in [0.15, 0.2) is 11.3 Å². The van der Waals surface area contributed by atoms with Crippen molar-refractivity contribution in [3.8, 4) is 0 Å². The Bertz CT molecular complexity index is 1440. The number of nitrogens with zero attached hydrogens (tertiary/aromatic N) is 3. The van der Waals surface area contributed by atoms with Crippen molar-refractivity contribution in [3.05, 3.63) is 73.9 Å². The van der Waals surface area contributed by atoms with Gasteiger partial charge in [0.1, 0.15) is 17.6 Å². The van der Waals surface area contributed by atoms with E-state index in [-0.39, 0.29) is 22.2 Å². The molecule has 0 amide bonds. The topological polar surface area (TPSA) is 151 Å². The Morgan fingerprint density at radius 1 is 1.22 bits per heavy atom. The van der Waals surface area contributed by atoms with Crippen LogP contribution in [0.15, 0.2) is 38.5 Å². The number of rotatable bonds is 8. The van der Waals surface area contributed by atoms with E-state index in [0.29, 0.717) is 31.9 Å². The largest absolute Gasteiger partial charge is 0.434 e. The van der Waals surface area contributed by atoms with Gasteiger partial charge in [-0.25, -0.2) is 27.7 Å². The summed E-state index contributed by atoms with van der Waals surface area (Å²) in [6, 6.07) is 4.14. The van der Waals surface area contributed by atoms with Crippen molar-refractivity contribution in [2.24, 2.45) is 0 Å². The van der Waals surface area contributed by atoms with Crippen LogP contribution in [0.1, 0.15) is 53.4 Å². The first-order valence-electron chi connectivity index (χ1n) is 11.5. The second-order valence-electron chi connectivity index (χ2n) is 8.78. The lowest BCUT2D eigenvalue weighted by Crippen LogP contribution is -2.39. The minimum atomic E-state index is -4.40. The normalized spacial score (nSPS) is 17.5. The van der Waals surface area contributed by atoms with Crippen LogP contribution < -0.4 is 10.5 Å². The van der Waals surface area contributed by atoms with E-state index in [9.17, 15) is 22.7 Å². The van der Waals surface area contributed by atoms with Crippen LogP contribution in [-0.4, -0.2) is 59.9 Å². The fraction of sp³-hybridized carbons (Fsp3) is 0.435. The number of ether oxygens (including phenoxy) is 1. The molecule has 1 aliphatic heterocycles. The number of hydrogen-bond acceptors (Lipinski definition) is 9. The Kier molecular flexibility index (Phi) is 8.11. The fourth-order valence-corrected chi connectivity index (χ4v) is 5.69. The van der Waals surface area contributed by atoms with E-state index in [2.05, 4.69) is 19.9 Å². The lowest BCUT2D eigenvalue weighted by Gasteiger charge is -2.31. The Balaban J connectivity index is 1.72. The number of aliphatic hydroxyl groups is 1. The molecule has 0 spiro atoms. The predicted octanol–water partition coefficient (Wildman–Crippen LogP) is 2.31. The lowest BCUT2D eigenvalue weighted by molar-refractivity contribution is -0.0624. The Hall–Kier alpha value is -2.68. The maximum atomic E-state index is 14.9. The molecule has 11 nitrogen and oxygen atoms in total. The van der Waals surface area contributed by atoms with Crippen molar-refractivity contribution >= 4 is 21.6 Å². The first-order valence-corrected chi connectivity index (χ1v) is 13.4. The molecule has 1 saturated heterocycles. The van der Waals surface area contributed by atoms with Crippen LogP contribution in [-0.2, 0) is 14.8 Å². The van der Waals surface area contributed by atoms with Crippen molar-refractivity contribution in [1.29, 1.82) is 0 Å². The molecule has 14 heteroatoms. The Morgan fingerprint density at radius 2 is 1.92 bits per heavy atom. The molecule has 1 aromatic carbocycles. The van der Waals surface area contributed by atoms with E-state index in [1.54, 1.807) is 31.7 Å². The quantitative estimate of drug-likeness (QED) is 0.380. The number of benzene rings is 1. The fourth-order valence-electron chi connectivity index (χ4n) is 4.26. The van der Waals surface area contributed by atoms with Gasteiger partial charge in [-0.2, -0.15) is 4.72 Å². The highest BCUT2D eigenvalue weighted by atomic mass is 35.5. The highest BCUT2D eigenvalue weighted by molar-refractivity contribution is 7.89. The second-order valence-corrected chi connectivity index (χ2v) is 10.8. The van der Waals surface area contributed by atoms with Gasteiger partial charge in [0.05, 0.1) is 18.2 Å². The maximum absolute atomic E-state index is 14.9. The first-order chi connectivity index (χ1) is 17.5. The zero-order chi connectivity index (χ0) is 26.9. The van der Waals surface area contributed by atoms with Crippen molar-refractivity contribution in [2.75, 3.05) is 26.3 Å². The first kappa shape index (κ1) is 27.4. The number of aliphatic hydroxyl groups excluding tert-OH is 1. The number of aryl methyl sites for hydroxylation is 1. The van der Waals surface area contributed by atoms with Gasteiger partial charge in [0, 0.05) is 19.0 Å². The summed E-state index contributed by atoms with van der Waals surface area (Å²) in [5.41, 5.74) is 1.62. The SMILES string of the molecule is Cc1ccc(F)c([C@@H](C)[C@H](NS(=O)(=O)c2ccc(Cl)c(C(O)N3CCOCC3)n2)c2n[nH]c(=O)o2)c1C. The minimum Gasteiger partial charge on any atom is -0.391 e.